The molecule has 2 atom stereocenters. The minimum absolute atomic E-state index is 0.0795. The highest BCUT2D eigenvalue weighted by Gasteiger charge is 2.28. The van der Waals surface area contributed by atoms with E-state index >= 15 is 0 Å². The fraction of sp³-hybridized carbons (Fsp3) is 0.571. The quantitative estimate of drug-likeness (QED) is 0.511. The zero-order chi connectivity index (χ0) is 24.9. The van der Waals surface area contributed by atoms with Crippen LogP contribution >= 0.6 is 0 Å². The van der Waals surface area contributed by atoms with E-state index in [1.54, 1.807) is 0 Å². The molecule has 1 heterocycles. The maximum Gasteiger partial charge on any atom is 0.314 e. The third kappa shape index (κ3) is 6.56. The second-order valence-corrected chi connectivity index (χ2v) is 10.5. The number of nitrogens with zero attached hydrogens (tertiary/aromatic N) is 2. The third-order valence-electron chi connectivity index (χ3n) is 6.64. The summed E-state index contributed by atoms with van der Waals surface area (Å²) in [5, 5.41) is 13.1. The van der Waals surface area contributed by atoms with Crippen molar-refractivity contribution in [3.05, 3.63) is 41.1 Å². The molecule has 1 aromatic carbocycles. The van der Waals surface area contributed by atoms with Crippen molar-refractivity contribution in [3.8, 4) is 6.07 Å². The minimum atomic E-state index is -0.614. The molecular weight excluding hydrogens is 426 g/mol. The number of aromatic nitrogens is 1. The molecule has 1 saturated carbocycles. The first-order chi connectivity index (χ1) is 16.1. The van der Waals surface area contributed by atoms with Crippen molar-refractivity contribution in [2.45, 2.75) is 97.1 Å². The smallest absolute Gasteiger partial charge is 0.314 e. The normalized spacial score (nSPS) is 16.5. The van der Waals surface area contributed by atoms with Crippen LogP contribution in [0.3, 0.4) is 0 Å². The van der Waals surface area contributed by atoms with Crippen LogP contribution < -0.4 is 5.32 Å². The summed E-state index contributed by atoms with van der Waals surface area (Å²) in [6.07, 6.45) is 6.75. The Balaban J connectivity index is 1.84. The minimum Gasteiger partial charge on any atom is -0.459 e. The predicted molar refractivity (Wildman–Crippen MR) is 133 cm³/mol. The van der Waals surface area contributed by atoms with Gasteiger partial charge in [-0.1, -0.05) is 25.3 Å². The van der Waals surface area contributed by atoms with Crippen molar-refractivity contribution < 1.29 is 14.3 Å². The first kappa shape index (κ1) is 25.7. The molecule has 0 aliphatic heterocycles. The first-order valence-corrected chi connectivity index (χ1v) is 12.4. The maximum atomic E-state index is 12.9. The number of aryl methyl sites for hydroxylation is 1. The van der Waals surface area contributed by atoms with E-state index in [1.165, 1.54) is 32.1 Å². The second kappa shape index (κ2) is 11.0. The first-order valence-electron chi connectivity index (χ1n) is 12.4. The van der Waals surface area contributed by atoms with Gasteiger partial charge in [0.2, 0.25) is 0 Å². The van der Waals surface area contributed by atoms with Crippen LogP contribution in [0.2, 0.25) is 0 Å². The van der Waals surface area contributed by atoms with E-state index in [1.807, 2.05) is 52.0 Å². The Kier molecular flexibility index (Phi) is 8.30. The van der Waals surface area contributed by atoms with Crippen LogP contribution in [0.4, 0.5) is 0 Å². The molecule has 1 unspecified atom stereocenters. The molecule has 6 nitrogen and oxygen atoms in total. The van der Waals surface area contributed by atoms with Crippen molar-refractivity contribution in [3.63, 3.8) is 0 Å². The number of amides is 1. The molecular formula is C28H37N3O3. The van der Waals surface area contributed by atoms with Gasteiger partial charge in [0.05, 0.1) is 17.5 Å². The summed E-state index contributed by atoms with van der Waals surface area (Å²) < 4.78 is 5.63. The van der Waals surface area contributed by atoms with E-state index in [2.05, 4.69) is 18.3 Å². The number of hydrogen-bond acceptors (Lipinski definition) is 5. The van der Waals surface area contributed by atoms with Crippen LogP contribution in [0.1, 0.15) is 100 Å². The lowest BCUT2D eigenvalue weighted by Crippen LogP contribution is -2.38. The second-order valence-electron chi connectivity index (χ2n) is 10.5. The molecule has 6 heteroatoms. The van der Waals surface area contributed by atoms with Crippen LogP contribution in [0.25, 0.3) is 10.9 Å². The molecule has 182 valence electrons. The van der Waals surface area contributed by atoms with Gasteiger partial charge in [-0.15, -0.1) is 0 Å². The average molecular weight is 464 g/mol. The number of nitrogens with one attached hydrogen (secondary N) is 1. The fourth-order valence-electron chi connectivity index (χ4n) is 4.80. The summed E-state index contributed by atoms with van der Waals surface area (Å²) in [5.41, 5.74) is 2.15. The molecule has 1 aromatic heterocycles. The zero-order valence-corrected chi connectivity index (χ0v) is 21.1. The lowest BCUT2D eigenvalue weighted by molar-refractivity contribution is -0.157. The van der Waals surface area contributed by atoms with E-state index in [-0.39, 0.29) is 24.3 Å². The lowest BCUT2D eigenvalue weighted by Gasteiger charge is -2.28. The van der Waals surface area contributed by atoms with Crippen LogP contribution in [0.15, 0.2) is 24.3 Å². The molecule has 0 saturated heterocycles. The van der Waals surface area contributed by atoms with E-state index in [0.717, 1.165) is 10.9 Å². The van der Waals surface area contributed by atoms with Crippen molar-refractivity contribution >= 4 is 22.8 Å². The molecule has 3 rings (SSSR count). The molecule has 34 heavy (non-hydrogen) atoms. The van der Waals surface area contributed by atoms with Gasteiger partial charge >= 0.3 is 5.97 Å². The van der Waals surface area contributed by atoms with Gasteiger partial charge in [0, 0.05) is 29.1 Å². The molecule has 1 aliphatic rings. The molecule has 0 bridgehead atoms. The Morgan fingerprint density at radius 3 is 2.56 bits per heavy atom. The van der Waals surface area contributed by atoms with Gasteiger partial charge < -0.3 is 10.1 Å². The number of hydrogen-bond donors (Lipinski definition) is 1. The summed E-state index contributed by atoms with van der Waals surface area (Å²) in [6, 6.07) is 9.72. The largest absolute Gasteiger partial charge is 0.459 e. The average Bonchev–Trinajstić information content (AvgIpc) is 2.78. The monoisotopic (exact) mass is 463 g/mol. The van der Waals surface area contributed by atoms with Crippen molar-refractivity contribution in [2.75, 3.05) is 0 Å². The Labute approximate surface area is 203 Å². The molecule has 2 aromatic rings. The maximum absolute atomic E-state index is 12.9. The fourth-order valence-corrected chi connectivity index (χ4v) is 4.80. The number of rotatable bonds is 7. The lowest BCUT2D eigenvalue weighted by atomic mass is 9.84. The van der Waals surface area contributed by atoms with Gasteiger partial charge in [-0.3, -0.25) is 14.6 Å². The summed E-state index contributed by atoms with van der Waals surface area (Å²) in [7, 11) is 0. The van der Waals surface area contributed by atoms with Crippen molar-refractivity contribution in [2.24, 2.45) is 5.92 Å². The molecule has 0 radical (unpaired) electrons. The summed E-state index contributed by atoms with van der Waals surface area (Å²) >= 11 is 0. The summed E-state index contributed by atoms with van der Waals surface area (Å²) in [6.45, 7) is 9.45. The Morgan fingerprint density at radius 1 is 1.21 bits per heavy atom. The van der Waals surface area contributed by atoms with Gasteiger partial charge in [0.15, 0.2) is 0 Å². The van der Waals surface area contributed by atoms with Crippen LogP contribution in [-0.2, 0) is 9.53 Å². The number of fused-ring (bicyclic) bond motifs is 1. The number of carbonyl (C=O) groups excluding carboxylic acids is 2. The summed E-state index contributed by atoms with van der Waals surface area (Å²) in [5.74, 6) is -0.446. The van der Waals surface area contributed by atoms with Crippen LogP contribution in [0.5, 0.6) is 0 Å². The van der Waals surface area contributed by atoms with E-state index in [4.69, 9.17) is 15.0 Å². The van der Waals surface area contributed by atoms with Crippen molar-refractivity contribution in [1.82, 2.24) is 10.3 Å². The molecule has 1 aliphatic carbocycles. The highest BCUT2D eigenvalue weighted by Crippen LogP contribution is 2.30. The van der Waals surface area contributed by atoms with E-state index in [0.29, 0.717) is 29.1 Å². The van der Waals surface area contributed by atoms with Crippen LogP contribution in [0, 0.1) is 24.2 Å². The molecule has 0 spiro atoms. The molecule has 1 amide bonds. The number of pyridine rings is 1. The SMILES string of the molecule is Cc1nc2cc(C(=O)N[C@@H](C)C3CCCCC3)ccc2cc1C(CCC#N)C(=O)OC(C)(C)C. The Bertz CT molecular complexity index is 1070. The summed E-state index contributed by atoms with van der Waals surface area (Å²) in [4.78, 5) is 30.6. The Hall–Kier alpha value is -2.94. The number of esters is 1. The van der Waals surface area contributed by atoms with Crippen molar-refractivity contribution in [1.29, 1.82) is 5.26 Å². The number of ether oxygens (including phenoxy) is 1. The standard InChI is InChI=1S/C28H37N3O3/c1-18(20-10-7-6-8-11-20)31-26(32)22-14-13-21-16-24(19(2)30-25(21)17-22)23(12-9-15-29)27(33)34-28(3,4)5/h13-14,16-18,20,23H,6-12H2,1-5H3,(H,31,32)/t18-,23?/m0/s1. The van der Waals surface area contributed by atoms with E-state index in [9.17, 15) is 9.59 Å². The Morgan fingerprint density at radius 2 is 1.91 bits per heavy atom. The number of carbonyl (C=O) groups is 2. The van der Waals surface area contributed by atoms with Gasteiger partial charge in [0.1, 0.15) is 5.60 Å². The predicted octanol–water partition coefficient (Wildman–Crippen LogP) is 5.97. The molecule has 1 fully saturated rings. The van der Waals surface area contributed by atoms with Crippen LogP contribution in [-0.4, -0.2) is 28.5 Å². The van der Waals surface area contributed by atoms with E-state index < -0.39 is 11.5 Å². The number of benzene rings is 1. The van der Waals surface area contributed by atoms with Gasteiger partial charge in [-0.2, -0.15) is 5.26 Å². The zero-order valence-electron chi connectivity index (χ0n) is 21.1. The van der Waals surface area contributed by atoms with Gasteiger partial charge in [0.25, 0.3) is 5.91 Å². The number of nitriles is 1. The van der Waals surface area contributed by atoms with Gasteiger partial charge in [-0.25, -0.2) is 0 Å². The van der Waals surface area contributed by atoms with Gasteiger partial charge in [-0.05, 0) is 83.6 Å². The third-order valence-corrected chi connectivity index (χ3v) is 6.64. The highest BCUT2D eigenvalue weighted by atomic mass is 16.6. The molecule has 1 N–H and O–H groups in total. The topological polar surface area (TPSA) is 92.1 Å². The highest BCUT2D eigenvalue weighted by molar-refractivity contribution is 5.98.